The molecule has 0 unspecified atom stereocenters. The zero-order chi connectivity index (χ0) is 11.3. The first-order chi connectivity index (χ1) is 7.11. The van der Waals surface area contributed by atoms with Crippen molar-refractivity contribution in [3.8, 4) is 0 Å². The van der Waals surface area contributed by atoms with Crippen LogP contribution in [0.3, 0.4) is 0 Å². The average molecular weight is 212 g/mol. The first kappa shape index (κ1) is 11.2. The van der Waals surface area contributed by atoms with Gasteiger partial charge in [0.2, 0.25) is 5.76 Å². The third-order valence-electron chi connectivity index (χ3n) is 1.88. The molecule has 0 saturated carbocycles. The summed E-state index contributed by atoms with van der Waals surface area (Å²) in [7, 11) is 1.59. The molecule has 0 bridgehead atoms. The van der Waals surface area contributed by atoms with Crippen LogP contribution >= 0.6 is 0 Å². The van der Waals surface area contributed by atoms with E-state index in [4.69, 9.17) is 5.11 Å². The molecule has 1 N–H and O–H groups in total. The van der Waals surface area contributed by atoms with Crippen LogP contribution in [0.5, 0.6) is 0 Å². The molecular weight excluding hydrogens is 200 g/mol. The lowest BCUT2D eigenvalue weighted by molar-refractivity contribution is -0.137. The zero-order valence-electron chi connectivity index (χ0n) is 8.34. The van der Waals surface area contributed by atoms with E-state index in [1.165, 1.54) is 17.2 Å². The molecule has 1 aromatic heterocycles. The number of aliphatic carboxylic acids is 1. The molecule has 0 aliphatic rings. The highest BCUT2D eigenvalue weighted by Crippen LogP contribution is 2.03. The van der Waals surface area contributed by atoms with Crippen LogP contribution in [-0.2, 0) is 4.79 Å². The smallest absolute Gasteiger partial charge is 0.303 e. The number of amides is 1. The highest BCUT2D eigenvalue weighted by molar-refractivity contribution is 5.91. The second-order valence-electron chi connectivity index (χ2n) is 3.10. The van der Waals surface area contributed by atoms with Crippen molar-refractivity contribution in [3.05, 3.63) is 18.0 Å². The van der Waals surface area contributed by atoms with Crippen LogP contribution < -0.4 is 0 Å². The molecule has 0 aliphatic heterocycles. The van der Waals surface area contributed by atoms with Crippen molar-refractivity contribution in [1.29, 1.82) is 0 Å². The van der Waals surface area contributed by atoms with Crippen LogP contribution in [0.25, 0.3) is 0 Å². The SMILES string of the molecule is CN(CCCC(=O)O)C(=O)c1ccno1. The summed E-state index contributed by atoms with van der Waals surface area (Å²) in [6, 6.07) is 1.47. The highest BCUT2D eigenvalue weighted by atomic mass is 16.5. The van der Waals surface area contributed by atoms with Gasteiger partial charge in [-0.2, -0.15) is 0 Å². The molecule has 0 spiro atoms. The standard InChI is InChI=1S/C9H12N2O4/c1-11(6-2-3-8(12)13)9(14)7-4-5-10-15-7/h4-5H,2-3,6H2,1H3,(H,12,13). The number of nitrogens with zero attached hydrogens (tertiary/aromatic N) is 2. The summed E-state index contributed by atoms with van der Waals surface area (Å²) in [5.41, 5.74) is 0. The minimum Gasteiger partial charge on any atom is -0.481 e. The molecule has 1 amide bonds. The van der Waals surface area contributed by atoms with Gasteiger partial charge in [0.15, 0.2) is 0 Å². The maximum atomic E-state index is 11.5. The lowest BCUT2D eigenvalue weighted by atomic mass is 10.3. The van der Waals surface area contributed by atoms with E-state index in [1.54, 1.807) is 7.05 Å². The Bertz CT molecular complexity index is 334. The molecule has 0 radical (unpaired) electrons. The number of carbonyl (C=O) groups excluding carboxylic acids is 1. The number of rotatable bonds is 5. The summed E-state index contributed by atoms with van der Waals surface area (Å²) in [5, 5.41) is 11.8. The van der Waals surface area contributed by atoms with Crippen LogP contribution in [0.1, 0.15) is 23.4 Å². The monoisotopic (exact) mass is 212 g/mol. The number of carbonyl (C=O) groups is 2. The predicted octanol–water partition coefficient (Wildman–Crippen LogP) is 0.611. The van der Waals surface area contributed by atoms with E-state index >= 15 is 0 Å². The van der Waals surface area contributed by atoms with Gasteiger partial charge in [-0.25, -0.2) is 0 Å². The molecule has 0 aliphatic carbocycles. The molecule has 6 nitrogen and oxygen atoms in total. The van der Waals surface area contributed by atoms with E-state index in [9.17, 15) is 9.59 Å². The minimum atomic E-state index is -0.865. The summed E-state index contributed by atoms with van der Waals surface area (Å²) in [5.74, 6) is -0.999. The molecule has 1 rings (SSSR count). The molecular formula is C9H12N2O4. The van der Waals surface area contributed by atoms with Crippen molar-refractivity contribution >= 4 is 11.9 Å². The second-order valence-corrected chi connectivity index (χ2v) is 3.10. The van der Waals surface area contributed by atoms with E-state index < -0.39 is 5.97 Å². The Labute approximate surface area is 86.5 Å². The summed E-state index contributed by atoms with van der Waals surface area (Å²) in [4.78, 5) is 23.2. The Morgan fingerprint density at radius 1 is 1.60 bits per heavy atom. The van der Waals surface area contributed by atoms with Gasteiger partial charge >= 0.3 is 5.97 Å². The average Bonchev–Trinajstić information content (AvgIpc) is 2.68. The van der Waals surface area contributed by atoms with Crippen molar-refractivity contribution in [2.24, 2.45) is 0 Å². The normalized spacial score (nSPS) is 9.93. The number of hydrogen-bond acceptors (Lipinski definition) is 4. The van der Waals surface area contributed by atoms with Gasteiger partial charge in [-0.15, -0.1) is 0 Å². The Kier molecular flexibility index (Phi) is 3.84. The zero-order valence-corrected chi connectivity index (χ0v) is 8.34. The van der Waals surface area contributed by atoms with Gasteiger partial charge in [-0.1, -0.05) is 5.16 Å². The topological polar surface area (TPSA) is 83.6 Å². The third kappa shape index (κ3) is 3.41. The molecule has 15 heavy (non-hydrogen) atoms. The fraction of sp³-hybridized carbons (Fsp3) is 0.444. The van der Waals surface area contributed by atoms with Crippen molar-refractivity contribution in [2.75, 3.05) is 13.6 Å². The van der Waals surface area contributed by atoms with Crippen molar-refractivity contribution in [3.63, 3.8) is 0 Å². The lowest BCUT2D eigenvalue weighted by Gasteiger charge is -2.14. The van der Waals surface area contributed by atoms with E-state index in [0.717, 1.165) is 0 Å². The Balaban J connectivity index is 2.37. The Morgan fingerprint density at radius 3 is 2.87 bits per heavy atom. The largest absolute Gasteiger partial charge is 0.481 e. The van der Waals surface area contributed by atoms with Crippen molar-refractivity contribution in [2.45, 2.75) is 12.8 Å². The van der Waals surface area contributed by atoms with Gasteiger partial charge < -0.3 is 14.5 Å². The molecule has 82 valence electrons. The summed E-state index contributed by atoms with van der Waals surface area (Å²) < 4.78 is 4.69. The van der Waals surface area contributed by atoms with Crippen LogP contribution in [-0.4, -0.2) is 40.6 Å². The first-order valence-electron chi connectivity index (χ1n) is 4.49. The quantitative estimate of drug-likeness (QED) is 0.773. The van der Waals surface area contributed by atoms with Gasteiger partial charge in [0.05, 0.1) is 6.20 Å². The molecule has 0 aromatic carbocycles. The van der Waals surface area contributed by atoms with Gasteiger partial charge in [-0.05, 0) is 6.42 Å². The number of hydrogen-bond donors (Lipinski definition) is 1. The van der Waals surface area contributed by atoms with E-state index in [-0.39, 0.29) is 18.1 Å². The van der Waals surface area contributed by atoms with Gasteiger partial charge in [0, 0.05) is 26.1 Å². The van der Waals surface area contributed by atoms with Crippen LogP contribution in [0.4, 0.5) is 0 Å². The van der Waals surface area contributed by atoms with E-state index in [2.05, 4.69) is 9.68 Å². The molecule has 6 heteroatoms. The van der Waals surface area contributed by atoms with Crippen molar-refractivity contribution in [1.82, 2.24) is 10.1 Å². The number of carboxylic acid groups (broad SMARTS) is 1. The van der Waals surface area contributed by atoms with Gasteiger partial charge in [0.25, 0.3) is 5.91 Å². The van der Waals surface area contributed by atoms with Crippen LogP contribution in [0.2, 0.25) is 0 Å². The Morgan fingerprint density at radius 2 is 2.33 bits per heavy atom. The van der Waals surface area contributed by atoms with Gasteiger partial charge in [-0.3, -0.25) is 9.59 Å². The van der Waals surface area contributed by atoms with Crippen LogP contribution in [0.15, 0.2) is 16.8 Å². The van der Waals surface area contributed by atoms with Gasteiger partial charge in [0.1, 0.15) is 0 Å². The second kappa shape index (κ2) is 5.14. The molecule has 0 saturated heterocycles. The van der Waals surface area contributed by atoms with Crippen LogP contribution in [0, 0.1) is 0 Å². The van der Waals surface area contributed by atoms with E-state index in [1.807, 2.05) is 0 Å². The summed E-state index contributed by atoms with van der Waals surface area (Å²) >= 11 is 0. The fourth-order valence-corrected chi connectivity index (χ4v) is 1.08. The Hall–Kier alpha value is -1.85. The lowest BCUT2D eigenvalue weighted by Crippen LogP contribution is -2.27. The number of carboxylic acids is 1. The maximum Gasteiger partial charge on any atom is 0.303 e. The molecule has 1 aromatic rings. The number of aromatic nitrogens is 1. The minimum absolute atomic E-state index is 0.0496. The predicted molar refractivity (Wildman–Crippen MR) is 50.3 cm³/mol. The summed E-state index contributed by atoms with van der Waals surface area (Å²) in [6.07, 6.45) is 1.86. The maximum absolute atomic E-state index is 11.5. The molecule has 1 heterocycles. The van der Waals surface area contributed by atoms with Crippen molar-refractivity contribution < 1.29 is 19.2 Å². The molecule has 0 atom stereocenters. The first-order valence-corrected chi connectivity index (χ1v) is 4.49. The fourth-order valence-electron chi connectivity index (χ4n) is 1.08. The summed E-state index contributed by atoms with van der Waals surface area (Å²) in [6.45, 7) is 0.381. The molecule has 0 fully saturated rings. The third-order valence-corrected chi connectivity index (χ3v) is 1.88. The van der Waals surface area contributed by atoms with E-state index in [0.29, 0.717) is 13.0 Å². The highest BCUT2D eigenvalue weighted by Gasteiger charge is 2.14.